The Morgan fingerprint density at radius 3 is 2.44 bits per heavy atom. The average molecular weight is 382 g/mol. The van der Waals surface area contributed by atoms with Gasteiger partial charge in [-0.05, 0) is 67.4 Å². The minimum atomic E-state index is -3.75. The molecule has 6 heteroatoms. The maximum Gasteiger partial charge on any atom is 0.264 e. The first-order valence-corrected chi connectivity index (χ1v) is 10.2. The van der Waals surface area contributed by atoms with E-state index in [2.05, 4.69) is 4.98 Å². The molecule has 27 heavy (non-hydrogen) atoms. The molecular weight excluding hydrogens is 360 g/mol. The van der Waals surface area contributed by atoms with Gasteiger partial charge in [-0.2, -0.15) is 0 Å². The Morgan fingerprint density at radius 1 is 1.04 bits per heavy atom. The van der Waals surface area contributed by atoms with Crippen molar-refractivity contribution < 1.29 is 13.2 Å². The molecule has 1 aromatic heterocycles. The minimum Gasteiger partial charge on any atom is -0.494 e. The van der Waals surface area contributed by atoms with Crippen LogP contribution in [0.2, 0.25) is 0 Å². The Balaban J connectivity index is 2.02. The number of sulfonamides is 1. The summed E-state index contributed by atoms with van der Waals surface area (Å²) in [4.78, 5) is 4.32. The highest BCUT2D eigenvalue weighted by atomic mass is 32.2. The number of rotatable bonds is 7. The lowest BCUT2D eigenvalue weighted by atomic mass is 10.2. The second-order valence-corrected chi connectivity index (χ2v) is 7.98. The van der Waals surface area contributed by atoms with E-state index < -0.39 is 10.0 Å². The van der Waals surface area contributed by atoms with E-state index in [4.69, 9.17) is 4.74 Å². The Hall–Kier alpha value is -2.86. The molecule has 0 bridgehead atoms. The van der Waals surface area contributed by atoms with Gasteiger partial charge in [0.05, 0.1) is 23.7 Å². The maximum absolute atomic E-state index is 13.4. The first kappa shape index (κ1) is 18.9. The second kappa shape index (κ2) is 8.22. The van der Waals surface area contributed by atoms with Crippen molar-refractivity contribution in [2.45, 2.75) is 25.3 Å². The van der Waals surface area contributed by atoms with Crippen LogP contribution in [0.25, 0.3) is 0 Å². The van der Waals surface area contributed by atoms with Gasteiger partial charge in [0.2, 0.25) is 0 Å². The number of aromatic nitrogens is 1. The summed E-state index contributed by atoms with van der Waals surface area (Å²) in [5.74, 6) is 0.644. The lowest BCUT2D eigenvalue weighted by Crippen LogP contribution is -2.30. The highest BCUT2D eigenvalue weighted by molar-refractivity contribution is 7.92. The molecule has 0 aliphatic heterocycles. The van der Waals surface area contributed by atoms with E-state index in [1.54, 1.807) is 48.8 Å². The van der Waals surface area contributed by atoms with Gasteiger partial charge in [0.1, 0.15) is 5.75 Å². The van der Waals surface area contributed by atoms with Crippen LogP contribution in [0.4, 0.5) is 5.69 Å². The lowest BCUT2D eigenvalue weighted by molar-refractivity contribution is 0.340. The summed E-state index contributed by atoms with van der Waals surface area (Å²) in [5.41, 5.74) is 2.42. The maximum atomic E-state index is 13.4. The van der Waals surface area contributed by atoms with Crippen molar-refractivity contribution in [3.63, 3.8) is 0 Å². The van der Waals surface area contributed by atoms with Gasteiger partial charge < -0.3 is 4.74 Å². The molecule has 2 aromatic carbocycles. The third kappa shape index (κ3) is 4.46. The Bertz CT molecular complexity index is 987. The van der Waals surface area contributed by atoms with E-state index in [0.717, 1.165) is 11.1 Å². The van der Waals surface area contributed by atoms with Gasteiger partial charge in [-0.1, -0.05) is 18.2 Å². The molecule has 0 atom stereocenters. The highest BCUT2D eigenvalue weighted by Crippen LogP contribution is 2.27. The van der Waals surface area contributed by atoms with Crippen LogP contribution in [0.5, 0.6) is 5.75 Å². The average Bonchev–Trinajstić information content (AvgIpc) is 2.67. The summed E-state index contributed by atoms with van der Waals surface area (Å²) >= 11 is 0. The molecule has 0 unspecified atom stereocenters. The van der Waals surface area contributed by atoms with Crippen molar-refractivity contribution >= 4 is 15.7 Å². The molecule has 0 saturated carbocycles. The van der Waals surface area contributed by atoms with Crippen LogP contribution in [0.15, 0.2) is 78.0 Å². The zero-order valence-corrected chi connectivity index (χ0v) is 16.2. The first-order chi connectivity index (χ1) is 13.0. The molecule has 0 radical (unpaired) electrons. The third-order valence-electron chi connectivity index (χ3n) is 4.06. The number of hydrogen-bond donors (Lipinski definition) is 0. The number of pyridine rings is 1. The molecule has 0 N–H and O–H groups in total. The SMILES string of the molecule is CCOc1ccc(S(=O)(=O)N(Cc2cccnc2)c2cccc(C)c2)cc1. The Kier molecular flexibility index (Phi) is 5.76. The van der Waals surface area contributed by atoms with Gasteiger partial charge in [0.15, 0.2) is 0 Å². The quantitative estimate of drug-likeness (QED) is 0.615. The zero-order valence-electron chi connectivity index (χ0n) is 15.4. The van der Waals surface area contributed by atoms with Crippen LogP contribution >= 0.6 is 0 Å². The number of ether oxygens (including phenoxy) is 1. The van der Waals surface area contributed by atoms with Crippen LogP contribution in [0.3, 0.4) is 0 Å². The molecule has 0 fully saturated rings. The van der Waals surface area contributed by atoms with Crippen molar-refractivity contribution in [1.82, 2.24) is 4.98 Å². The predicted molar refractivity (Wildman–Crippen MR) is 106 cm³/mol. The van der Waals surface area contributed by atoms with Gasteiger partial charge in [-0.25, -0.2) is 8.42 Å². The van der Waals surface area contributed by atoms with E-state index in [9.17, 15) is 8.42 Å². The second-order valence-electron chi connectivity index (χ2n) is 6.12. The van der Waals surface area contributed by atoms with Crippen LogP contribution in [-0.4, -0.2) is 20.0 Å². The first-order valence-electron chi connectivity index (χ1n) is 8.72. The van der Waals surface area contributed by atoms with Gasteiger partial charge in [0, 0.05) is 12.4 Å². The van der Waals surface area contributed by atoms with Crippen molar-refractivity contribution in [3.05, 3.63) is 84.2 Å². The monoisotopic (exact) mass is 382 g/mol. The molecule has 3 aromatic rings. The molecule has 0 saturated heterocycles. The summed E-state index contributed by atoms with van der Waals surface area (Å²) in [6.45, 7) is 4.56. The smallest absolute Gasteiger partial charge is 0.264 e. The van der Waals surface area contributed by atoms with Crippen molar-refractivity contribution in [2.24, 2.45) is 0 Å². The number of hydrogen-bond acceptors (Lipinski definition) is 4. The molecule has 1 heterocycles. The molecule has 140 valence electrons. The van der Waals surface area contributed by atoms with Gasteiger partial charge >= 0.3 is 0 Å². The van der Waals surface area contributed by atoms with Gasteiger partial charge in [0.25, 0.3) is 10.0 Å². The number of anilines is 1. The summed E-state index contributed by atoms with van der Waals surface area (Å²) < 4.78 is 33.6. The molecular formula is C21H22N2O3S. The van der Waals surface area contributed by atoms with E-state index in [0.29, 0.717) is 18.0 Å². The summed E-state index contributed by atoms with van der Waals surface area (Å²) in [6, 6.07) is 17.6. The zero-order chi connectivity index (χ0) is 19.3. The van der Waals surface area contributed by atoms with Crippen LogP contribution in [0.1, 0.15) is 18.1 Å². The van der Waals surface area contributed by atoms with Crippen LogP contribution in [-0.2, 0) is 16.6 Å². The molecule has 0 aliphatic carbocycles. The third-order valence-corrected chi connectivity index (χ3v) is 5.85. The fourth-order valence-corrected chi connectivity index (χ4v) is 4.20. The normalized spacial score (nSPS) is 11.2. The van der Waals surface area contributed by atoms with Crippen molar-refractivity contribution in [2.75, 3.05) is 10.9 Å². The van der Waals surface area contributed by atoms with Crippen LogP contribution in [0, 0.1) is 6.92 Å². The fourth-order valence-electron chi connectivity index (χ4n) is 2.76. The van der Waals surface area contributed by atoms with E-state index in [1.807, 2.05) is 38.1 Å². The van der Waals surface area contributed by atoms with Crippen molar-refractivity contribution in [1.29, 1.82) is 0 Å². The molecule has 0 aliphatic rings. The molecule has 5 nitrogen and oxygen atoms in total. The largest absolute Gasteiger partial charge is 0.494 e. The number of aryl methyl sites for hydroxylation is 1. The Labute approximate surface area is 160 Å². The van der Waals surface area contributed by atoms with Gasteiger partial charge in [-0.3, -0.25) is 9.29 Å². The van der Waals surface area contributed by atoms with E-state index in [1.165, 1.54) is 4.31 Å². The van der Waals surface area contributed by atoms with Gasteiger partial charge in [-0.15, -0.1) is 0 Å². The summed E-state index contributed by atoms with van der Waals surface area (Å²) in [6.07, 6.45) is 3.35. The molecule has 0 spiro atoms. The molecule has 0 amide bonds. The Morgan fingerprint density at radius 2 is 1.81 bits per heavy atom. The fraction of sp³-hybridized carbons (Fsp3) is 0.190. The van der Waals surface area contributed by atoms with Crippen molar-refractivity contribution in [3.8, 4) is 5.75 Å². The predicted octanol–water partition coefficient (Wildman–Crippen LogP) is 4.18. The molecule has 3 rings (SSSR count). The van der Waals surface area contributed by atoms with E-state index >= 15 is 0 Å². The topological polar surface area (TPSA) is 59.5 Å². The summed E-state index contributed by atoms with van der Waals surface area (Å²) in [7, 11) is -3.75. The number of nitrogens with zero attached hydrogens (tertiary/aromatic N) is 2. The minimum absolute atomic E-state index is 0.201. The van der Waals surface area contributed by atoms with E-state index in [-0.39, 0.29) is 11.4 Å². The standard InChI is InChI=1S/C21H22N2O3S/c1-3-26-20-9-11-21(12-10-20)27(24,25)23(16-18-7-5-13-22-15-18)19-8-4-6-17(2)14-19/h4-15H,3,16H2,1-2H3. The highest BCUT2D eigenvalue weighted by Gasteiger charge is 2.25. The summed E-state index contributed by atoms with van der Waals surface area (Å²) in [5, 5.41) is 0. The van der Waals surface area contributed by atoms with Crippen LogP contribution < -0.4 is 9.04 Å². The lowest BCUT2D eigenvalue weighted by Gasteiger charge is -2.25. The number of benzene rings is 2.